The molecule has 10 nitrogen and oxygen atoms in total. The quantitative estimate of drug-likeness (QED) is 0.248. The number of nitrogens with zero attached hydrogens (tertiary/aromatic N) is 2. The van der Waals surface area contributed by atoms with Crippen LogP contribution in [0.15, 0.2) is 78.9 Å². The monoisotopic (exact) mass is 661 g/mol. The fourth-order valence-corrected chi connectivity index (χ4v) is 7.52. The second-order valence-electron chi connectivity index (χ2n) is 12.4. The number of aliphatic hydroxyl groups is 1. The molecule has 6 atom stereocenters. The summed E-state index contributed by atoms with van der Waals surface area (Å²) in [5, 5.41) is 12.7. The van der Waals surface area contributed by atoms with E-state index >= 15 is 0 Å². The first-order valence-corrected chi connectivity index (χ1v) is 16.7. The molecule has 4 heterocycles. The zero-order valence-corrected chi connectivity index (χ0v) is 26.9. The Morgan fingerprint density at radius 3 is 2.49 bits per heavy atom. The van der Waals surface area contributed by atoms with Crippen molar-refractivity contribution in [2.45, 2.75) is 62.3 Å². The minimum Gasteiger partial charge on any atom is -0.463 e. The predicted octanol–water partition coefficient (Wildman–Crippen LogP) is 4.13. The van der Waals surface area contributed by atoms with Crippen molar-refractivity contribution in [3.8, 4) is 0 Å². The zero-order valence-electron chi connectivity index (χ0n) is 26.1. The van der Waals surface area contributed by atoms with Gasteiger partial charge in [-0.05, 0) is 37.0 Å². The smallest absolute Gasteiger partial charge is 0.306 e. The maximum absolute atomic E-state index is 14.9. The van der Waals surface area contributed by atoms with Crippen molar-refractivity contribution in [1.29, 1.82) is 0 Å². The number of nitrogens with one attached hydrogen (secondary N) is 1. The van der Waals surface area contributed by atoms with Gasteiger partial charge < -0.3 is 29.7 Å². The molecule has 2 fully saturated rings. The normalized spacial score (nSPS) is 30.0. The molecule has 3 amide bonds. The minimum absolute atomic E-state index is 0.0719. The number of ether oxygens (including phenoxy) is 2. The van der Waals surface area contributed by atoms with E-state index in [1.165, 1.54) is 0 Å². The number of unbranched alkanes of at least 4 members (excludes halogenated alkanes) is 3. The van der Waals surface area contributed by atoms with Gasteiger partial charge in [0.2, 0.25) is 11.8 Å². The minimum atomic E-state index is -1.35. The second-order valence-corrected chi connectivity index (χ2v) is 12.8. The van der Waals surface area contributed by atoms with Crippen molar-refractivity contribution < 1.29 is 33.8 Å². The highest BCUT2D eigenvalue weighted by Gasteiger charge is 2.73. The molecule has 11 heteroatoms. The number of anilines is 1. The van der Waals surface area contributed by atoms with Gasteiger partial charge in [0.05, 0.1) is 34.7 Å². The molecule has 0 aliphatic carbocycles. The number of carbonyl (C=O) groups is 4. The third kappa shape index (κ3) is 6.46. The van der Waals surface area contributed by atoms with E-state index in [2.05, 4.69) is 5.32 Å². The standard InChI is InChI=1S/C36H40ClN3O7/c37-25-15-8-9-16-27(25)39-20-11-4-7-17-29(42)46-23-26(24-13-5-3-6-14-24)38-33(43)30-28-18-19-36(47-28)31(30)34(44)40(32(36)35(39)45)21-10-1-2-12-22-41/h3-6,8-9,11,13-16,18-19,26,28,30-32,41H,1-2,7,10,12,17,20-23H2,(H,38,43)/b11-4-/t26-,28-,30+,31+,32-,36+/m0/s1. The van der Waals surface area contributed by atoms with Gasteiger partial charge in [-0.25, -0.2) is 0 Å². The van der Waals surface area contributed by atoms with E-state index in [1.807, 2.05) is 36.4 Å². The second kappa shape index (κ2) is 14.4. The van der Waals surface area contributed by atoms with Gasteiger partial charge in [-0.2, -0.15) is 0 Å². The first-order valence-electron chi connectivity index (χ1n) is 16.4. The number of amides is 3. The summed E-state index contributed by atoms with van der Waals surface area (Å²) < 4.78 is 12.2. The maximum Gasteiger partial charge on any atom is 0.306 e. The SMILES string of the molecule is O=C1CC/C=C\CN(c2ccccc2Cl)C(=O)[C@@H]2N(CCCCCCO)C(=O)[C@H]3[C@H](C(=O)N[C@H](c4ccccc4)CO1)[C@@H]1C=C[C@]23O1. The van der Waals surface area contributed by atoms with Crippen molar-refractivity contribution in [3.63, 3.8) is 0 Å². The molecule has 2 N–H and O–H groups in total. The number of aliphatic hydroxyl groups excluding tert-OH is 1. The van der Waals surface area contributed by atoms with E-state index < -0.39 is 47.5 Å². The number of cyclic esters (lactones) is 1. The average molecular weight is 662 g/mol. The number of likely N-dealkylation sites (tertiary alicyclic amines) is 1. The number of rotatable bonds is 8. The summed E-state index contributed by atoms with van der Waals surface area (Å²) >= 11 is 6.63. The molecule has 2 aromatic carbocycles. The summed E-state index contributed by atoms with van der Waals surface area (Å²) in [7, 11) is 0. The highest BCUT2D eigenvalue weighted by molar-refractivity contribution is 6.34. The molecule has 0 aromatic heterocycles. The molecular weight excluding hydrogens is 622 g/mol. The van der Waals surface area contributed by atoms with E-state index in [1.54, 1.807) is 52.3 Å². The zero-order chi connectivity index (χ0) is 33.0. The number of allylic oxidation sites excluding steroid dienone is 1. The van der Waals surface area contributed by atoms with Gasteiger partial charge in [-0.15, -0.1) is 0 Å². The van der Waals surface area contributed by atoms with Crippen molar-refractivity contribution in [2.75, 3.05) is 31.2 Å². The third-order valence-electron chi connectivity index (χ3n) is 9.53. The Kier molecular flexibility index (Phi) is 10.1. The van der Waals surface area contributed by atoms with Crippen LogP contribution in [0.3, 0.4) is 0 Å². The highest BCUT2D eigenvalue weighted by atomic mass is 35.5. The lowest BCUT2D eigenvalue weighted by Gasteiger charge is -2.36. The van der Waals surface area contributed by atoms with Crippen LogP contribution in [0.5, 0.6) is 0 Å². The molecule has 2 saturated heterocycles. The summed E-state index contributed by atoms with van der Waals surface area (Å²) in [6, 6.07) is 14.6. The van der Waals surface area contributed by atoms with Crippen LogP contribution in [0.1, 0.15) is 50.1 Å². The number of hydrogen-bond donors (Lipinski definition) is 2. The topological polar surface area (TPSA) is 125 Å². The van der Waals surface area contributed by atoms with Gasteiger partial charge in [0.15, 0.2) is 0 Å². The average Bonchev–Trinajstić information content (AvgIpc) is 3.72. The van der Waals surface area contributed by atoms with Crippen LogP contribution in [0.2, 0.25) is 5.02 Å². The number of para-hydroxylation sites is 1. The molecule has 5 bridgehead atoms. The Morgan fingerprint density at radius 1 is 0.936 bits per heavy atom. The van der Waals surface area contributed by atoms with Crippen LogP contribution in [0.4, 0.5) is 5.69 Å². The van der Waals surface area contributed by atoms with Crippen molar-refractivity contribution in [1.82, 2.24) is 10.2 Å². The van der Waals surface area contributed by atoms with Gasteiger partial charge in [-0.1, -0.05) is 91.2 Å². The van der Waals surface area contributed by atoms with Crippen molar-refractivity contribution >= 4 is 41.0 Å². The Labute approximate surface area is 279 Å². The molecule has 4 aliphatic heterocycles. The summed E-state index contributed by atoms with van der Waals surface area (Å²) in [5.41, 5.74) is -0.114. The van der Waals surface area contributed by atoms with Gasteiger partial charge >= 0.3 is 5.97 Å². The van der Waals surface area contributed by atoms with Crippen molar-refractivity contribution in [2.24, 2.45) is 11.8 Å². The number of hydrogen-bond acceptors (Lipinski definition) is 7. The summed E-state index contributed by atoms with van der Waals surface area (Å²) in [6.45, 7) is 0.456. The molecule has 6 rings (SSSR count). The Morgan fingerprint density at radius 2 is 1.70 bits per heavy atom. The molecule has 0 saturated carbocycles. The summed E-state index contributed by atoms with van der Waals surface area (Å²) in [6.07, 6.45) is 9.83. The van der Waals surface area contributed by atoms with E-state index in [4.69, 9.17) is 21.1 Å². The van der Waals surface area contributed by atoms with E-state index in [0.29, 0.717) is 36.5 Å². The first-order chi connectivity index (χ1) is 22.9. The maximum atomic E-state index is 14.9. The van der Waals surface area contributed by atoms with Crippen LogP contribution in [-0.4, -0.2) is 77.7 Å². The van der Waals surface area contributed by atoms with Gasteiger partial charge in [-0.3, -0.25) is 19.2 Å². The van der Waals surface area contributed by atoms with Crippen LogP contribution in [-0.2, 0) is 28.7 Å². The van der Waals surface area contributed by atoms with Crippen LogP contribution < -0.4 is 10.2 Å². The van der Waals surface area contributed by atoms with Gasteiger partial charge in [0.1, 0.15) is 18.2 Å². The lowest BCUT2D eigenvalue weighted by Crippen LogP contribution is -2.56. The van der Waals surface area contributed by atoms with Gasteiger partial charge in [0, 0.05) is 26.1 Å². The predicted molar refractivity (Wildman–Crippen MR) is 175 cm³/mol. The number of fused-ring (bicyclic) bond motifs is 2. The lowest BCUT2D eigenvalue weighted by atomic mass is 9.74. The number of carbonyl (C=O) groups excluding carboxylic acids is 4. The lowest BCUT2D eigenvalue weighted by molar-refractivity contribution is -0.145. The van der Waals surface area contributed by atoms with Crippen LogP contribution >= 0.6 is 11.6 Å². The molecule has 47 heavy (non-hydrogen) atoms. The molecule has 0 radical (unpaired) electrons. The number of benzene rings is 2. The number of esters is 1. The Bertz CT molecular complexity index is 1550. The summed E-state index contributed by atoms with van der Waals surface area (Å²) in [5.74, 6) is -3.32. The Hall–Kier alpha value is -3.99. The first kappa shape index (κ1) is 32.9. The highest BCUT2D eigenvalue weighted by Crippen LogP contribution is 2.55. The molecule has 1 spiro atoms. The molecular formula is C36H40ClN3O7. The number of halogens is 1. The van der Waals surface area contributed by atoms with Crippen molar-refractivity contribution in [3.05, 3.63) is 89.5 Å². The van der Waals surface area contributed by atoms with Crippen LogP contribution in [0.25, 0.3) is 0 Å². The molecule has 2 aromatic rings. The van der Waals surface area contributed by atoms with Gasteiger partial charge in [0.25, 0.3) is 5.91 Å². The van der Waals surface area contributed by atoms with Crippen LogP contribution in [0, 0.1) is 11.8 Å². The fraction of sp³-hybridized carbons (Fsp3) is 0.444. The third-order valence-corrected chi connectivity index (χ3v) is 9.85. The van der Waals surface area contributed by atoms with E-state index in [0.717, 1.165) is 18.4 Å². The molecule has 0 unspecified atom stereocenters. The van der Waals surface area contributed by atoms with E-state index in [9.17, 15) is 24.3 Å². The Balaban J connectivity index is 1.40. The largest absolute Gasteiger partial charge is 0.463 e. The molecule has 248 valence electrons. The molecule has 4 aliphatic rings. The summed E-state index contributed by atoms with van der Waals surface area (Å²) in [4.78, 5) is 59.3. The van der Waals surface area contributed by atoms with E-state index in [-0.39, 0.29) is 38.0 Å². The fourth-order valence-electron chi connectivity index (χ4n) is 7.28.